The fourth-order valence-corrected chi connectivity index (χ4v) is 2.69. The molecule has 1 fully saturated rings. The molecule has 3 rings (SSSR count). The van der Waals surface area contributed by atoms with Crippen LogP contribution in [0, 0.1) is 5.92 Å². The maximum atomic E-state index is 6.22. The van der Waals surface area contributed by atoms with E-state index in [2.05, 4.69) is 33.6 Å². The van der Waals surface area contributed by atoms with Crippen LogP contribution in [0.4, 0.5) is 0 Å². The van der Waals surface area contributed by atoms with Crippen molar-refractivity contribution >= 4 is 23.2 Å². The van der Waals surface area contributed by atoms with Gasteiger partial charge in [0.2, 0.25) is 5.28 Å². The molecule has 1 aliphatic rings. The summed E-state index contributed by atoms with van der Waals surface area (Å²) in [6, 6.07) is 0.314. The van der Waals surface area contributed by atoms with Crippen molar-refractivity contribution in [1.82, 2.24) is 19.7 Å². The van der Waals surface area contributed by atoms with E-state index in [0.717, 1.165) is 17.9 Å². The predicted molar refractivity (Wildman–Crippen MR) is 80.1 cm³/mol. The van der Waals surface area contributed by atoms with Crippen LogP contribution >= 0.6 is 23.2 Å². The van der Waals surface area contributed by atoms with Gasteiger partial charge in [0.15, 0.2) is 0 Å². The Balaban J connectivity index is 2.09. The molecule has 106 valence electrons. The van der Waals surface area contributed by atoms with Crippen LogP contribution < -0.4 is 0 Å². The molecule has 0 amide bonds. The second-order valence-electron chi connectivity index (χ2n) is 5.53. The van der Waals surface area contributed by atoms with E-state index in [9.17, 15) is 0 Å². The van der Waals surface area contributed by atoms with Crippen molar-refractivity contribution in [2.24, 2.45) is 5.92 Å². The predicted octanol–water partition coefficient (Wildman–Crippen LogP) is 4.18. The van der Waals surface area contributed by atoms with E-state index in [4.69, 9.17) is 23.2 Å². The molecule has 0 bridgehead atoms. The normalized spacial score (nSPS) is 15.1. The molecule has 0 aromatic carbocycles. The zero-order chi connectivity index (χ0) is 14.3. The quantitative estimate of drug-likeness (QED) is 0.796. The molecule has 0 spiro atoms. The summed E-state index contributed by atoms with van der Waals surface area (Å²) in [5.41, 5.74) is 2.84. The largest absolute Gasteiger partial charge is 0.266 e. The second-order valence-corrected chi connectivity index (χ2v) is 6.27. The lowest BCUT2D eigenvalue weighted by Gasteiger charge is -2.12. The maximum Gasteiger partial charge on any atom is 0.222 e. The van der Waals surface area contributed by atoms with E-state index in [1.807, 2.05) is 6.20 Å². The molecule has 0 atom stereocenters. The van der Waals surface area contributed by atoms with E-state index in [1.54, 1.807) is 6.20 Å². The Labute approximate surface area is 128 Å². The molecule has 0 radical (unpaired) electrons. The van der Waals surface area contributed by atoms with Crippen LogP contribution in [-0.4, -0.2) is 19.7 Å². The molecule has 0 aliphatic heterocycles. The molecule has 0 saturated heterocycles. The van der Waals surface area contributed by atoms with Gasteiger partial charge >= 0.3 is 0 Å². The molecule has 1 saturated carbocycles. The van der Waals surface area contributed by atoms with E-state index < -0.39 is 0 Å². The minimum Gasteiger partial charge on any atom is -0.266 e. The van der Waals surface area contributed by atoms with Gasteiger partial charge in [-0.2, -0.15) is 5.10 Å². The Morgan fingerprint density at radius 1 is 1.30 bits per heavy atom. The minimum atomic E-state index is 0.207. The van der Waals surface area contributed by atoms with Gasteiger partial charge in [0.05, 0.1) is 23.1 Å². The van der Waals surface area contributed by atoms with Crippen LogP contribution in [0.15, 0.2) is 12.4 Å². The highest BCUT2D eigenvalue weighted by Crippen LogP contribution is 2.37. The van der Waals surface area contributed by atoms with Gasteiger partial charge in [0.1, 0.15) is 0 Å². The van der Waals surface area contributed by atoms with Gasteiger partial charge in [-0.05, 0) is 50.6 Å². The first-order chi connectivity index (χ1) is 9.56. The van der Waals surface area contributed by atoms with E-state index in [-0.39, 0.29) is 5.28 Å². The summed E-state index contributed by atoms with van der Waals surface area (Å²) >= 11 is 12.1. The van der Waals surface area contributed by atoms with Crippen molar-refractivity contribution in [3.63, 3.8) is 0 Å². The van der Waals surface area contributed by atoms with Crippen molar-refractivity contribution in [1.29, 1.82) is 0 Å². The van der Waals surface area contributed by atoms with Crippen LogP contribution in [0.1, 0.15) is 38.4 Å². The average Bonchev–Trinajstić information content (AvgIpc) is 3.11. The second kappa shape index (κ2) is 5.34. The van der Waals surface area contributed by atoms with Crippen LogP contribution in [0.5, 0.6) is 0 Å². The highest BCUT2D eigenvalue weighted by Gasteiger charge is 2.27. The maximum absolute atomic E-state index is 6.22. The summed E-state index contributed by atoms with van der Waals surface area (Å²) in [4.78, 5) is 8.18. The zero-order valence-electron chi connectivity index (χ0n) is 11.5. The summed E-state index contributed by atoms with van der Waals surface area (Å²) in [6.45, 7) is 4.25. The van der Waals surface area contributed by atoms with Crippen LogP contribution in [0.25, 0.3) is 11.3 Å². The number of nitrogens with zero attached hydrogens (tertiary/aromatic N) is 4. The summed E-state index contributed by atoms with van der Waals surface area (Å²) < 4.78 is 2.06. The summed E-state index contributed by atoms with van der Waals surface area (Å²) in [7, 11) is 0. The van der Waals surface area contributed by atoms with Gasteiger partial charge in [-0.25, -0.2) is 9.97 Å². The highest BCUT2D eigenvalue weighted by atomic mass is 35.5. The minimum absolute atomic E-state index is 0.207. The molecule has 2 heterocycles. The fourth-order valence-electron chi connectivity index (χ4n) is 2.36. The molecule has 4 nitrogen and oxygen atoms in total. The van der Waals surface area contributed by atoms with E-state index >= 15 is 0 Å². The summed E-state index contributed by atoms with van der Waals surface area (Å²) in [6.07, 6.45) is 6.98. The Morgan fingerprint density at radius 3 is 2.70 bits per heavy atom. The molecule has 6 heteroatoms. The van der Waals surface area contributed by atoms with Gasteiger partial charge < -0.3 is 0 Å². The Hall–Kier alpha value is -1.13. The SMILES string of the molecule is CC(C)n1ncc(-c2nc(Cl)ncc2Cl)c1CC1CC1. The third-order valence-electron chi connectivity index (χ3n) is 3.54. The van der Waals surface area contributed by atoms with E-state index in [0.29, 0.717) is 16.8 Å². The van der Waals surface area contributed by atoms with Crippen molar-refractivity contribution in [3.8, 4) is 11.3 Å². The first-order valence-corrected chi connectivity index (χ1v) is 7.56. The number of hydrogen-bond acceptors (Lipinski definition) is 3. The lowest BCUT2D eigenvalue weighted by molar-refractivity contribution is 0.503. The molecule has 20 heavy (non-hydrogen) atoms. The molecular formula is C14H16Cl2N4. The highest BCUT2D eigenvalue weighted by molar-refractivity contribution is 6.33. The van der Waals surface area contributed by atoms with Gasteiger partial charge in [-0.1, -0.05) is 11.6 Å². The molecule has 1 aliphatic carbocycles. The molecule has 2 aromatic heterocycles. The Bertz CT molecular complexity index is 632. The van der Waals surface area contributed by atoms with Crippen molar-refractivity contribution in [3.05, 3.63) is 28.4 Å². The van der Waals surface area contributed by atoms with Crippen molar-refractivity contribution < 1.29 is 0 Å². The first-order valence-electron chi connectivity index (χ1n) is 6.81. The first kappa shape index (κ1) is 13.8. The molecule has 0 unspecified atom stereocenters. The van der Waals surface area contributed by atoms with Gasteiger partial charge in [-0.3, -0.25) is 4.68 Å². The van der Waals surface area contributed by atoms with Crippen LogP contribution in [0.3, 0.4) is 0 Å². The van der Waals surface area contributed by atoms with Crippen LogP contribution in [0.2, 0.25) is 10.3 Å². The molecule has 2 aromatic rings. The van der Waals surface area contributed by atoms with Crippen molar-refractivity contribution in [2.45, 2.75) is 39.2 Å². The number of halogens is 2. The van der Waals surface area contributed by atoms with Gasteiger partial charge in [0.25, 0.3) is 0 Å². The lowest BCUT2D eigenvalue weighted by Crippen LogP contribution is -2.09. The van der Waals surface area contributed by atoms with Crippen molar-refractivity contribution in [2.75, 3.05) is 0 Å². The third-order valence-corrected chi connectivity index (χ3v) is 4.00. The Morgan fingerprint density at radius 2 is 2.05 bits per heavy atom. The number of aromatic nitrogens is 4. The standard InChI is InChI=1S/C14H16Cl2N4/c1-8(2)20-12(5-9-3-4-9)10(6-18-20)13-11(15)7-17-14(16)19-13/h6-9H,3-5H2,1-2H3. The molecule has 0 N–H and O–H groups in total. The van der Waals surface area contributed by atoms with Gasteiger partial charge in [-0.15, -0.1) is 0 Å². The van der Waals surface area contributed by atoms with Crippen LogP contribution in [-0.2, 0) is 6.42 Å². The smallest absolute Gasteiger partial charge is 0.222 e. The van der Waals surface area contributed by atoms with E-state index in [1.165, 1.54) is 18.5 Å². The average molecular weight is 311 g/mol. The summed E-state index contributed by atoms with van der Waals surface area (Å²) in [5.74, 6) is 0.763. The lowest BCUT2D eigenvalue weighted by atomic mass is 10.1. The number of hydrogen-bond donors (Lipinski definition) is 0. The fraction of sp³-hybridized carbons (Fsp3) is 0.500. The topological polar surface area (TPSA) is 43.6 Å². The molecular weight excluding hydrogens is 295 g/mol. The van der Waals surface area contributed by atoms with Gasteiger partial charge in [0, 0.05) is 17.3 Å². The summed E-state index contributed by atoms with van der Waals surface area (Å²) in [5, 5.41) is 5.21. The Kier molecular flexibility index (Phi) is 3.69. The number of rotatable bonds is 4. The zero-order valence-corrected chi connectivity index (χ0v) is 13.0. The third kappa shape index (κ3) is 2.67. The monoisotopic (exact) mass is 310 g/mol.